The van der Waals surface area contributed by atoms with Crippen LogP contribution in [0.2, 0.25) is 0 Å². The van der Waals surface area contributed by atoms with Crippen LogP contribution in [0.4, 0.5) is 0 Å². The monoisotopic (exact) mass is 516 g/mol. The second-order valence-electron chi connectivity index (χ2n) is 7.64. The summed E-state index contributed by atoms with van der Waals surface area (Å²) in [6.45, 7) is 0.980. The van der Waals surface area contributed by atoms with Gasteiger partial charge in [0.05, 0.1) is 20.6 Å². The van der Waals surface area contributed by atoms with E-state index < -0.39 is 10.8 Å². The van der Waals surface area contributed by atoms with Gasteiger partial charge in [-0.15, -0.1) is 0 Å². The number of fused-ring (bicyclic) bond motifs is 1. The first-order chi connectivity index (χ1) is 16.2. The molecule has 0 saturated carbocycles. The van der Waals surface area contributed by atoms with Crippen LogP contribution in [-0.4, -0.2) is 4.21 Å². The van der Waals surface area contributed by atoms with Crippen LogP contribution in [0.1, 0.15) is 22.3 Å². The van der Waals surface area contributed by atoms with E-state index in [4.69, 9.17) is 9.47 Å². The lowest BCUT2D eigenvalue weighted by atomic mass is 10.1. The minimum absolute atomic E-state index is 0.470. The summed E-state index contributed by atoms with van der Waals surface area (Å²) in [7, 11) is -1.30. The first kappa shape index (κ1) is 21.7. The summed E-state index contributed by atoms with van der Waals surface area (Å²) in [6.07, 6.45) is 0. The molecule has 0 amide bonds. The lowest BCUT2D eigenvalue weighted by Crippen LogP contribution is -1.97. The minimum atomic E-state index is -1.30. The van der Waals surface area contributed by atoms with Gasteiger partial charge in [0, 0.05) is 10.0 Å². The van der Waals surface area contributed by atoms with E-state index in [1.807, 2.05) is 103 Å². The Morgan fingerprint density at radius 1 is 0.667 bits per heavy atom. The highest BCUT2D eigenvalue weighted by molar-refractivity contribution is 9.15. The lowest BCUT2D eigenvalue weighted by molar-refractivity contribution is 0.305. The number of halogens is 1. The van der Waals surface area contributed by atoms with Crippen LogP contribution in [0, 0.1) is 0 Å². The van der Waals surface area contributed by atoms with Gasteiger partial charge in [-0.1, -0.05) is 72.8 Å². The summed E-state index contributed by atoms with van der Waals surface area (Å²) in [5.74, 6) is 1.48. The van der Waals surface area contributed by atoms with Gasteiger partial charge in [0.25, 0.3) is 0 Å². The number of hydrogen-bond donors (Lipinski definition) is 0. The molecule has 0 aliphatic carbocycles. The van der Waals surface area contributed by atoms with Crippen LogP contribution in [0.25, 0.3) is 9.39 Å². The fourth-order valence-corrected chi connectivity index (χ4v) is 6.24. The first-order valence-electron chi connectivity index (χ1n) is 10.6. The van der Waals surface area contributed by atoms with E-state index in [0.717, 1.165) is 42.3 Å². The first-order valence-corrected chi connectivity index (χ1v) is 12.5. The number of rotatable bonds is 7. The Morgan fingerprint density at radius 3 is 1.82 bits per heavy atom. The van der Waals surface area contributed by atoms with E-state index in [1.165, 1.54) is 0 Å². The molecule has 5 rings (SSSR count). The molecule has 1 aliphatic heterocycles. The molecule has 0 fully saturated rings. The molecule has 5 heteroatoms. The van der Waals surface area contributed by atoms with Gasteiger partial charge in [-0.2, -0.15) is 0 Å². The van der Waals surface area contributed by atoms with E-state index in [9.17, 15) is 4.21 Å². The molecule has 0 aromatic heterocycles. The summed E-state index contributed by atoms with van der Waals surface area (Å²) in [4.78, 5) is 1.52. The van der Waals surface area contributed by atoms with Gasteiger partial charge >= 0.3 is 0 Å². The zero-order valence-corrected chi connectivity index (χ0v) is 20.1. The second kappa shape index (κ2) is 9.77. The van der Waals surface area contributed by atoms with Crippen molar-refractivity contribution in [3.05, 3.63) is 125 Å². The maximum Gasteiger partial charge on any atom is 0.121 e. The highest BCUT2D eigenvalue weighted by Gasteiger charge is 2.29. The Kier molecular flexibility index (Phi) is 6.42. The van der Waals surface area contributed by atoms with E-state index in [1.54, 1.807) is 0 Å². The fraction of sp³-hybridized carbons (Fsp3) is 0.0714. The molecule has 3 nitrogen and oxygen atoms in total. The highest BCUT2D eigenvalue weighted by atomic mass is 79.9. The summed E-state index contributed by atoms with van der Waals surface area (Å²) in [5.41, 5.74) is 4.04. The Labute approximate surface area is 204 Å². The molecule has 1 aliphatic rings. The van der Waals surface area contributed by atoms with Crippen molar-refractivity contribution in [2.75, 3.05) is 0 Å². The molecule has 33 heavy (non-hydrogen) atoms. The zero-order chi connectivity index (χ0) is 22.6. The van der Waals surface area contributed by atoms with Crippen LogP contribution in [0.5, 0.6) is 11.5 Å². The van der Waals surface area contributed by atoms with Gasteiger partial charge in [-0.25, -0.2) is 4.21 Å². The van der Waals surface area contributed by atoms with Crippen molar-refractivity contribution >= 4 is 36.1 Å². The van der Waals surface area contributed by atoms with Gasteiger partial charge in [-0.05, 0) is 63.0 Å². The van der Waals surface area contributed by atoms with Crippen molar-refractivity contribution in [1.82, 2.24) is 0 Å². The van der Waals surface area contributed by atoms with E-state index >= 15 is 0 Å². The van der Waals surface area contributed by atoms with E-state index in [0.29, 0.717) is 19.0 Å². The molecular weight excluding hydrogens is 496 g/mol. The van der Waals surface area contributed by atoms with Crippen molar-refractivity contribution in [2.45, 2.75) is 18.1 Å². The third-order valence-electron chi connectivity index (χ3n) is 5.39. The molecule has 4 aromatic rings. The maximum absolute atomic E-state index is 13.4. The molecule has 4 aromatic carbocycles. The predicted octanol–water partition coefficient (Wildman–Crippen LogP) is 7.19. The maximum atomic E-state index is 13.4. The van der Waals surface area contributed by atoms with Gasteiger partial charge in [0.15, 0.2) is 0 Å². The molecular formula is C28H21BrO3S. The molecule has 1 heterocycles. The van der Waals surface area contributed by atoms with Gasteiger partial charge in [-0.3, -0.25) is 0 Å². The molecule has 0 saturated heterocycles. The Balaban J connectivity index is 1.30. The molecule has 1 atom stereocenters. The average molecular weight is 517 g/mol. The van der Waals surface area contributed by atoms with Gasteiger partial charge in [0.1, 0.15) is 24.7 Å². The topological polar surface area (TPSA) is 35.5 Å². The molecule has 0 radical (unpaired) electrons. The molecule has 164 valence electrons. The van der Waals surface area contributed by atoms with Crippen LogP contribution in [0.15, 0.2) is 108 Å². The largest absolute Gasteiger partial charge is 0.489 e. The molecule has 0 spiro atoms. The molecule has 0 N–H and O–H groups in total. The fourth-order valence-electron chi connectivity index (χ4n) is 3.66. The summed E-state index contributed by atoms with van der Waals surface area (Å²) in [5, 5.41) is 0. The molecule has 0 bridgehead atoms. The van der Waals surface area contributed by atoms with Crippen LogP contribution in [0.3, 0.4) is 0 Å². The number of hydrogen-bond acceptors (Lipinski definition) is 3. The smallest absolute Gasteiger partial charge is 0.121 e. The van der Waals surface area contributed by atoms with Crippen molar-refractivity contribution < 1.29 is 13.7 Å². The quantitative estimate of drug-likeness (QED) is 0.260. The Morgan fingerprint density at radius 2 is 1.21 bits per heavy atom. The molecule has 1 unspecified atom stereocenters. The predicted molar refractivity (Wildman–Crippen MR) is 137 cm³/mol. The number of ether oxygens (including phenoxy) is 2. The minimum Gasteiger partial charge on any atom is -0.489 e. The third-order valence-corrected chi connectivity index (χ3v) is 8.02. The van der Waals surface area contributed by atoms with Crippen LogP contribution in [-0.2, 0) is 24.0 Å². The Hall–Kier alpha value is -3.15. The van der Waals surface area contributed by atoms with Crippen molar-refractivity contribution in [1.29, 1.82) is 0 Å². The number of benzene rings is 4. The lowest BCUT2D eigenvalue weighted by Gasteiger charge is -2.09. The Bertz CT molecular complexity index is 1320. The summed E-state index contributed by atoms with van der Waals surface area (Å²) in [6, 6.07) is 33.5. The van der Waals surface area contributed by atoms with Gasteiger partial charge < -0.3 is 9.47 Å². The van der Waals surface area contributed by atoms with E-state index in [-0.39, 0.29) is 0 Å². The van der Waals surface area contributed by atoms with Crippen LogP contribution >= 0.6 is 15.9 Å². The van der Waals surface area contributed by atoms with Crippen molar-refractivity contribution in [3.63, 3.8) is 0 Å². The van der Waals surface area contributed by atoms with Gasteiger partial charge in [0.2, 0.25) is 0 Å². The normalized spacial score (nSPS) is 14.8. The third kappa shape index (κ3) is 4.80. The second-order valence-corrected chi connectivity index (χ2v) is 9.82. The van der Waals surface area contributed by atoms with E-state index in [2.05, 4.69) is 15.9 Å². The van der Waals surface area contributed by atoms with Crippen molar-refractivity contribution in [2.24, 2.45) is 0 Å². The zero-order valence-electron chi connectivity index (χ0n) is 17.7. The summed E-state index contributed by atoms with van der Waals surface area (Å²) >= 11 is 3.68. The SMILES string of the molecule is O=S1C(c2ccc(OCc3ccccc3)cc2)=C(Br)c2ccc(OCc3ccccc3)cc21. The highest BCUT2D eigenvalue weighted by Crippen LogP contribution is 2.46. The standard InChI is InChI=1S/C28H21BrO3S/c29-27-25-16-15-24(32-19-21-9-5-2-6-10-21)17-26(25)33(30)28(27)22-11-13-23(14-12-22)31-18-20-7-3-1-4-8-20/h1-17H,18-19H2. The van der Waals surface area contributed by atoms with Crippen molar-refractivity contribution in [3.8, 4) is 11.5 Å². The summed E-state index contributed by atoms with van der Waals surface area (Å²) < 4.78 is 26.0. The van der Waals surface area contributed by atoms with Crippen LogP contribution < -0.4 is 9.47 Å². The average Bonchev–Trinajstić information content (AvgIpc) is 3.12.